The molecule has 0 aromatic rings. The van der Waals surface area contributed by atoms with E-state index in [0.29, 0.717) is 25.0 Å². The molecule has 16 heavy (non-hydrogen) atoms. The lowest BCUT2D eigenvalue weighted by Crippen LogP contribution is -2.59. The Morgan fingerprint density at radius 1 is 1.44 bits per heavy atom. The van der Waals surface area contributed by atoms with Crippen LogP contribution in [0.2, 0.25) is 0 Å². The fourth-order valence-corrected chi connectivity index (χ4v) is 2.32. The third-order valence-corrected chi connectivity index (χ3v) is 3.55. The van der Waals surface area contributed by atoms with Crippen LogP contribution in [0.3, 0.4) is 0 Å². The molecule has 0 bridgehead atoms. The van der Waals surface area contributed by atoms with Gasteiger partial charge in [-0.05, 0) is 33.9 Å². The van der Waals surface area contributed by atoms with E-state index in [0.717, 1.165) is 13.1 Å². The average Bonchev–Trinajstić information content (AvgIpc) is 2.21. The summed E-state index contributed by atoms with van der Waals surface area (Å²) in [6, 6.07) is 0.357. The normalized spacial score (nSPS) is 30.2. The van der Waals surface area contributed by atoms with E-state index in [1.165, 1.54) is 0 Å². The molecule has 0 saturated carbocycles. The summed E-state index contributed by atoms with van der Waals surface area (Å²) in [6.45, 7) is 6.29. The maximum atomic E-state index is 11.2. The van der Waals surface area contributed by atoms with E-state index in [4.69, 9.17) is 5.73 Å². The number of hydrogen-bond donors (Lipinski definition) is 2. The molecule has 5 nitrogen and oxygen atoms in total. The first-order valence-electron chi connectivity index (χ1n) is 5.86. The number of nitrogens with zero attached hydrogens (tertiary/aromatic N) is 2. The van der Waals surface area contributed by atoms with E-state index >= 15 is 0 Å². The molecule has 3 atom stereocenters. The fourth-order valence-electron chi connectivity index (χ4n) is 2.32. The van der Waals surface area contributed by atoms with E-state index in [2.05, 4.69) is 25.8 Å². The Balaban J connectivity index is 2.68. The van der Waals surface area contributed by atoms with Crippen molar-refractivity contribution in [3.8, 4) is 0 Å². The van der Waals surface area contributed by atoms with Gasteiger partial charge in [0.25, 0.3) is 0 Å². The largest absolute Gasteiger partial charge is 0.480 e. The van der Waals surface area contributed by atoms with Crippen molar-refractivity contribution in [1.82, 2.24) is 9.80 Å². The number of carbonyl (C=O) groups is 1. The monoisotopic (exact) mass is 229 g/mol. The lowest BCUT2D eigenvalue weighted by atomic mass is 10.0. The highest BCUT2D eigenvalue weighted by molar-refractivity contribution is 5.73. The van der Waals surface area contributed by atoms with Crippen LogP contribution < -0.4 is 5.73 Å². The van der Waals surface area contributed by atoms with Crippen LogP contribution in [0.1, 0.15) is 20.3 Å². The zero-order valence-electron chi connectivity index (χ0n) is 10.4. The van der Waals surface area contributed by atoms with E-state index in [1.54, 1.807) is 0 Å². The summed E-state index contributed by atoms with van der Waals surface area (Å²) in [6.07, 6.45) is 0.526. The molecule has 1 aliphatic heterocycles. The van der Waals surface area contributed by atoms with Crippen molar-refractivity contribution in [2.24, 2.45) is 5.73 Å². The molecule has 0 amide bonds. The predicted molar refractivity (Wildman–Crippen MR) is 63.4 cm³/mol. The quantitative estimate of drug-likeness (QED) is 0.699. The average molecular weight is 229 g/mol. The molecule has 5 heteroatoms. The van der Waals surface area contributed by atoms with Crippen molar-refractivity contribution in [2.75, 3.05) is 26.7 Å². The van der Waals surface area contributed by atoms with Crippen LogP contribution in [-0.4, -0.2) is 65.7 Å². The summed E-state index contributed by atoms with van der Waals surface area (Å²) < 4.78 is 0. The molecule has 0 radical (unpaired) electrons. The molecule has 3 unspecified atom stereocenters. The van der Waals surface area contributed by atoms with Crippen LogP contribution in [0.4, 0.5) is 0 Å². The zero-order chi connectivity index (χ0) is 12.3. The van der Waals surface area contributed by atoms with Gasteiger partial charge in [-0.3, -0.25) is 14.6 Å². The minimum absolute atomic E-state index is 0.392. The maximum Gasteiger partial charge on any atom is 0.320 e. The van der Waals surface area contributed by atoms with Gasteiger partial charge in [0.1, 0.15) is 6.04 Å². The number of rotatable bonds is 4. The second kappa shape index (κ2) is 5.61. The first-order chi connectivity index (χ1) is 7.47. The van der Waals surface area contributed by atoms with E-state index in [9.17, 15) is 9.90 Å². The number of likely N-dealkylation sites (N-methyl/N-ethyl adjacent to an activating group) is 1. The Bertz CT molecular complexity index is 235. The van der Waals surface area contributed by atoms with Gasteiger partial charge in [-0.15, -0.1) is 0 Å². The molecular weight excluding hydrogens is 206 g/mol. The third-order valence-electron chi connectivity index (χ3n) is 3.55. The molecule has 1 aliphatic rings. The standard InChI is InChI=1S/C11H23N3O2/c1-8-6-14(7-9(2)13(8)3)10(4-5-12)11(15)16/h8-10H,4-7,12H2,1-3H3,(H,15,16). The minimum atomic E-state index is -0.755. The molecule has 3 N–H and O–H groups in total. The van der Waals surface area contributed by atoms with Crippen molar-refractivity contribution in [3.63, 3.8) is 0 Å². The molecule has 1 fully saturated rings. The Kier molecular flexibility index (Phi) is 4.70. The van der Waals surface area contributed by atoms with Crippen LogP contribution in [0.25, 0.3) is 0 Å². The Hall–Kier alpha value is -0.650. The number of piperazine rings is 1. The smallest absolute Gasteiger partial charge is 0.320 e. The number of aliphatic carboxylic acids is 1. The fraction of sp³-hybridized carbons (Fsp3) is 0.909. The van der Waals surface area contributed by atoms with E-state index < -0.39 is 12.0 Å². The number of carboxylic acid groups (broad SMARTS) is 1. The highest BCUT2D eigenvalue weighted by Gasteiger charge is 2.33. The van der Waals surface area contributed by atoms with Crippen molar-refractivity contribution >= 4 is 5.97 Å². The van der Waals surface area contributed by atoms with Gasteiger partial charge in [-0.2, -0.15) is 0 Å². The molecule has 1 saturated heterocycles. The molecule has 0 aromatic heterocycles. The van der Waals surface area contributed by atoms with Gasteiger partial charge in [-0.1, -0.05) is 0 Å². The molecule has 94 valence electrons. The first kappa shape index (κ1) is 13.4. The summed E-state index contributed by atoms with van der Waals surface area (Å²) >= 11 is 0. The summed E-state index contributed by atoms with van der Waals surface area (Å²) in [5, 5.41) is 9.18. The van der Waals surface area contributed by atoms with Crippen LogP contribution >= 0.6 is 0 Å². The Morgan fingerprint density at radius 2 is 1.94 bits per heavy atom. The molecule has 1 rings (SSSR count). The lowest BCUT2D eigenvalue weighted by Gasteiger charge is -2.44. The van der Waals surface area contributed by atoms with Crippen LogP contribution in [0.15, 0.2) is 0 Å². The second-order valence-corrected chi connectivity index (χ2v) is 4.75. The van der Waals surface area contributed by atoms with Gasteiger partial charge in [0, 0.05) is 25.2 Å². The van der Waals surface area contributed by atoms with Crippen LogP contribution in [-0.2, 0) is 4.79 Å². The number of hydrogen-bond acceptors (Lipinski definition) is 4. The summed E-state index contributed by atoms with van der Waals surface area (Å²) in [5.41, 5.74) is 5.47. The SMILES string of the molecule is CC1CN(C(CCN)C(=O)O)CC(C)N1C. The van der Waals surface area contributed by atoms with Gasteiger partial charge in [0.05, 0.1) is 0 Å². The van der Waals surface area contributed by atoms with Gasteiger partial charge in [-0.25, -0.2) is 0 Å². The highest BCUT2D eigenvalue weighted by Crippen LogP contribution is 2.17. The van der Waals surface area contributed by atoms with Gasteiger partial charge in [0.2, 0.25) is 0 Å². The first-order valence-corrected chi connectivity index (χ1v) is 5.86. The van der Waals surface area contributed by atoms with E-state index in [1.807, 2.05) is 4.90 Å². The number of nitrogens with two attached hydrogens (primary N) is 1. The van der Waals surface area contributed by atoms with E-state index in [-0.39, 0.29) is 0 Å². The highest BCUT2D eigenvalue weighted by atomic mass is 16.4. The minimum Gasteiger partial charge on any atom is -0.480 e. The molecule has 0 spiro atoms. The summed E-state index contributed by atoms with van der Waals surface area (Å²) in [5.74, 6) is -0.755. The van der Waals surface area contributed by atoms with Crippen molar-refractivity contribution in [2.45, 2.75) is 38.4 Å². The van der Waals surface area contributed by atoms with Crippen molar-refractivity contribution in [1.29, 1.82) is 0 Å². The van der Waals surface area contributed by atoms with Gasteiger partial charge < -0.3 is 10.8 Å². The topological polar surface area (TPSA) is 69.8 Å². The van der Waals surface area contributed by atoms with Crippen molar-refractivity contribution < 1.29 is 9.90 Å². The molecule has 0 aromatic carbocycles. The molecule has 0 aliphatic carbocycles. The summed E-state index contributed by atoms with van der Waals surface area (Å²) in [7, 11) is 2.09. The zero-order valence-corrected chi connectivity index (χ0v) is 10.4. The second-order valence-electron chi connectivity index (χ2n) is 4.75. The molecule has 1 heterocycles. The van der Waals surface area contributed by atoms with Crippen LogP contribution in [0, 0.1) is 0 Å². The predicted octanol–water partition coefficient (Wildman–Crippen LogP) is -0.187. The molecular formula is C11H23N3O2. The Morgan fingerprint density at radius 3 is 2.31 bits per heavy atom. The number of carboxylic acids is 1. The lowest BCUT2D eigenvalue weighted by molar-refractivity contribution is -0.145. The van der Waals surface area contributed by atoms with Gasteiger partial charge in [0.15, 0.2) is 0 Å². The van der Waals surface area contributed by atoms with Crippen LogP contribution in [0.5, 0.6) is 0 Å². The van der Waals surface area contributed by atoms with Gasteiger partial charge >= 0.3 is 5.97 Å². The Labute approximate surface area is 97.2 Å². The summed E-state index contributed by atoms with van der Waals surface area (Å²) in [4.78, 5) is 15.5. The van der Waals surface area contributed by atoms with Crippen molar-refractivity contribution in [3.05, 3.63) is 0 Å². The third kappa shape index (κ3) is 2.93. The maximum absolute atomic E-state index is 11.2.